The van der Waals surface area contributed by atoms with Gasteiger partial charge < -0.3 is 0 Å². The highest BCUT2D eigenvalue weighted by Crippen LogP contribution is 2.32. The van der Waals surface area contributed by atoms with Gasteiger partial charge in [0.1, 0.15) is 0 Å². The number of benzene rings is 1. The summed E-state index contributed by atoms with van der Waals surface area (Å²) < 4.78 is 75.4. The molecule has 0 aliphatic rings. The standard InChI is InChI=1S/C11H6F6N3/c12-10(13,14)8-18-9(11(15,16)17)20(19-8)6-7-4-2-1-3-5-7/h2-5H,6H2. The molecule has 1 heterocycles. The smallest absolute Gasteiger partial charge is 0.237 e. The van der Waals surface area contributed by atoms with Crippen molar-refractivity contribution in [2.75, 3.05) is 0 Å². The van der Waals surface area contributed by atoms with E-state index in [-0.39, 0.29) is 4.68 Å². The fourth-order valence-corrected chi connectivity index (χ4v) is 1.48. The van der Waals surface area contributed by atoms with Gasteiger partial charge >= 0.3 is 12.4 Å². The van der Waals surface area contributed by atoms with E-state index in [1.165, 1.54) is 24.3 Å². The van der Waals surface area contributed by atoms with Crippen molar-refractivity contribution in [3.05, 3.63) is 47.5 Å². The summed E-state index contributed by atoms with van der Waals surface area (Å²) in [7, 11) is 0. The maximum absolute atomic E-state index is 12.7. The summed E-state index contributed by atoms with van der Waals surface area (Å²) in [5.74, 6) is -3.50. The molecule has 0 fully saturated rings. The van der Waals surface area contributed by atoms with Crippen LogP contribution >= 0.6 is 0 Å². The molecule has 0 bridgehead atoms. The molecular weight excluding hydrogens is 288 g/mol. The average molecular weight is 294 g/mol. The molecule has 20 heavy (non-hydrogen) atoms. The molecule has 107 valence electrons. The lowest BCUT2D eigenvalue weighted by Gasteiger charge is -2.08. The number of hydrogen-bond acceptors (Lipinski definition) is 2. The van der Waals surface area contributed by atoms with Crippen LogP contribution < -0.4 is 0 Å². The summed E-state index contributed by atoms with van der Waals surface area (Å²) in [6.07, 6.45) is -10.0. The lowest BCUT2D eigenvalue weighted by molar-refractivity contribution is -0.150. The number of rotatable bonds is 2. The molecule has 0 saturated carbocycles. The van der Waals surface area contributed by atoms with Crippen LogP contribution in [0.15, 0.2) is 24.3 Å². The third-order valence-electron chi connectivity index (χ3n) is 2.30. The quantitative estimate of drug-likeness (QED) is 0.797. The van der Waals surface area contributed by atoms with Crippen LogP contribution in [0.4, 0.5) is 26.3 Å². The second kappa shape index (κ2) is 4.80. The summed E-state index contributed by atoms with van der Waals surface area (Å²) in [4.78, 5) is 2.54. The second-order valence-corrected chi connectivity index (χ2v) is 3.82. The molecule has 2 aromatic rings. The Hall–Kier alpha value is -2.06. The van der Waals surface area contributed by atoms with Crippen molar-refractivity contribution in [2.24, 2.45) is 0 Å². The minimum absolute atomic E-state index is 0.193. The van der Waals surface area contributed by atoms with Crippen molar-refractivity contribution in [1.82, 2.24) is 14.8 Å². The zero-order valence-electron chi connectivity index (χ0n) is 9.63. The highest BCUT2D eigenvalue weighted by Gasteiger charge is 2.43. The van der Waals surface area contributed by atoms with E-state index in [9.17, 15) is 26.3 Å². The van der Waals surface area contributed by atoms with Crippen LogP contribution in [0.5, 0.6) is 0 Å². The van der Waals surface area contributed by atoms with Gasteiger partial charge in [0.15, 0.2) is 0 Å². The van der Waals surface area contributed by atoms with Crippen LogP contribution in [0.3, 0.4) is 0 Å². The van der Waals surface area contributed by atoms with Crippen LogP contribution in [0.25, 0.3) is 0 Å². The van der Waals surface area contributed by atoms with E-state index in [0.29, 0.717) is 5.56 Å². The van der Waals surface area contributed by atoms with Gasteiger partial charge in [-0.15, -0.1) is 5.10 Å². The Bertz CT molecular complexity index is 584. The molecule has 9 heteroatoms. The van der Waals surface area contributed by atoms with E-state index in [1.54, 1.807) is 0 Å². The van der Waals surface area contributed by atoms with Crippen molar-refractivity contribution in [3.63, 3.8) is 0 Å². The van der Waals surface area contributed by atoms with Gasteiger partial charge in [-0.25, -0.2) is 4.68 Å². The summed E-state index contributed by atoms with van der Waals surface area (Å²) in [6, 6.07) is 8.37. The number of aromatic nitrogens is 3. The predicted octanol–water partition coefficient (Wildman–Crippen LogP) is 3.16. The van der Waals surface area contributed by atoms with Gasteiger partial charge in [-0.2, -0.15) is 31.3 Å². The van der Waals surface area contributed by atoms with Gasteiger partial charge in [-0.05, 0) is 11.6 Å². The maximum Gasteiger partial charge on any atom is 0.453 e. The predicted molar refractivity (Wildman–Crippen MR) is 54.4 cm³/mol. The van der Waals surface area contributed by atoms with E-state index in [4.69, 9.17) is 0 Å². The summed E-state index contributed by atoms with van der Waals surface area (Å²) >= 11 is 0. The van der Waals surface area contributed by atoms with Crippen LogP contribution in [-0.4, -0.2) is 14.8 Å². The van der Waals surface area contributed by atoms with E-state index < -0.39 is 30.5 Å². The molecule has 1 radical (unpaired) electrons. The second-order valence-electron chi connectivity index (χ2n) is 3.82. The monoisotopic (exact) mass is 294 g/mol. The van der Waals surface area contributed by atoms with Crippen LogP contribution in [0.2, 0.25) is 0 Å². The number of nitrogens with zero attached hydrogens (tertiary/aromatic N) is 3. The number of alkyl halides is 6. The molecule has 0 aliphatic carbocycles. The molecule has 0 aliphatic heterocycles. The van der Waals surface area contributed by atoms with Gasteiger partial charge in [0.2, 0.25) is 5.82 Å². The average Bonchev–Trinajstić information content (AvgIpc) is 2.74. The molecule has 0 atom stereocenters. The highest BCUT2D eigenvalue weighted by molar-refractivity contribution is 5.15. The SMILES string of the molecule is FC(F)(F)c1nc(C(F)(F)F)n(Cc2cc[c]cc2)n1. The molecular formula is C11H6F6N3. The molecule has 1 aromatic carbocycles. The summed E-state index contributed by atoms with van der Waals surface area (Å²) in [5.41, 5.74) is 0.355. The molecule has 0 spiro atoms. The molecule has 1 aromatic heterocycles. The zero-order chi connectivity index (χ0) is 15.0. The van der Waals surface area contributed by atoms with E-state index in [2.05, 4.69) is 16.1 Å². The maximum atomic E-state index is 12.7. The minimum atomic E-state index is -5.03. The van der Waals surface area contributed by atoms with E-state index in [0.717, 1.165) is 0 Å². The van der Waals surface area contributed by atoms with E-state index in [1.807, 2.05) is 0 Å². The summed E-state index contributed by atoms with van der Waals surface area (Å²) in [5, 5.41) is 2.89. The number of hydrogen-bond donors (Lipinski definition) is 0. The Morgan fingerprint density at radius 3 is 2.10 bits per heavy atom. The lowest BCUT2D eigenvalue weighted by Crippen LogP contribution is -2.16. The van der Waals surface area contributed by atoms with Gasteiger partial charge in [-0.1, -0.05) is 24.3 Å². The van der Waals surface area contributed by atoms with Gasteiger partial charge in [0.05, 0.1) is 6.54 Å². The number of halogens is 6. The zero-order valence-corrected chi connectivity index (χ0v) is 9.63. The van der Waals surface area contributed by atoms with Gasteiger partial charge in [0.25, 0.3) is 5.82 Å². The fourth-order valence-electron chi connectivity index (χ4n) is 1.48. The first kappa shape index (κ1) is 14.4. The largest absolute Gasteiger partial charge is 0.453 e. The molecule has 3 nitrogen and oxygen atoms in total. The Kier molecular flexibility index (Phi) is 3.45. The first-order valence-electron chi connectivity index (χ1n) is 5.22. The topological polar surface area (TPSA) is 30.7 Å². The Morgan fingerprint density at radius 1 is 1.00 bits per heavy atom. The minimum Gasteiger partial charge on any atom is -0.237 e. The Labute approximate surface area is 108 Å². The Morgan fingerprint density at radius 2 is 1.60 bits per heavy atom. The first-order valence-corrected chi connectivity index (χ1v) is 5.22. The summed E-state index contributed by atoms with van der Waals surface area (Å²) in [6.45, 7) is -0.466. The van der Waals surface area contributed by atoms with Crippen LogP contribution in [0.1, 0.15) is 17.2 Å². The molecule has 0 unspecified atom stereocenters. The van der Waals surface area contributed by atoms with Crippen molar-refractivity contribution in [1.29, 1.82) is 0 Å². The van der Waals surface area contributed by atoms with Crippen LogP contribution in [-0.2, 0) is 18.9 Å². The molecule has 0 amide bonds. The van der Waals surface area contributed by atoms with E-state index >= 15 is 0 Å². The van der Waals surface area contributed by atoms with Crippen molar-refractivity contribution < 1.29 is 26.3 Å². The normalized spacial score (nSPS) is 12.7. The molecule has 0 N–H and O–H groups in total. The fraction of sp³-hybridized carbons (Fsp3) is 0.273. The highest BCUT2D eigenvalue weighted by atomic mass is 19.4. The first-order chi connectivity index (χ1) is 9.18. The Balaban J connectivity index is 2.43. The lowest BCUT2D eigenvalue weighted by atomic mass is 10.2. The molecule has 0 saturated heterocycles. The van der Waals surface area contributed by atoms with Crippen LogP contribution in [0, 0.1) is 6.07 Å². The third-order valence-corrected chi connectivity index (χ3v) is 2.30. The van der Waals surface area contributed by atoms with Gasteiger partial charge in [-0.3, -0.25) is 0 Å². The van der Waals surface area contributed by atoms with Crippen molar-refractivity contribution in [3.8, 4) is 0 Å². The van der Waals surface area contributed by atoms with Gasteiger partial charge in [0, 0.05) is 0 Å². The third kappa shape index (κ3) is 3.09. The van der Waals surface area contributed by atoms with Crippen molar-refractivity contribution in [2.45, 2.75) is 18.9 Å². The molecule has 2 rings (SSSR count). The van der Waals surface area contributed by atoms with Crippen molar-refractivity contribution >= 4 is 0 Å².